The molecule has 2 heterocycles. The maximum Gasteiger partial charge on any atom is 0.215 e. The number of benzene rings is 1. The standard InChI is InChI=1S/C13H16O5S/c1-6-2-3-7-9(4-6)19-12-11(16)10(15)8(5-14)18-13(12)17-7/h2-4,8,10-16H,5H2,1H3/t8-,10+,11+,12-,13+/m1/s1. The second-order valence-electron chi connectivity index (χ2n) is 4.86. The van der Waals surface area contributed by atoms with E-state index < -0.39 is 29.9 Å². The van der Waals surface area contributed by atoms with Crippen LogP contribution in [0.25, 0.3) is 0 Å². The Hall–Kier alpha value is -0.790. The number of hydrogen-bond donors (Lipinski definition) is 3. The van der Waals surface area contributed by atoms with Gasteiger partial charge in [0.25, 0.3) is 0 Å². The van der Waals surface area contributed by atoms with Crippen LogP contribution in [0.2, 0.25) is 0 Å². The Morgan fingerprint density at radius 1 is 1.26 bits per heavy atom. The third-order valence-corrected chi connectivity index (χ3v) is 4.78. The summed E-state index contributed by atoms with van der Waals surface area (Å²) >= 11 is 1.44. The van der Waals surface area contributed by atoms with Crippen molar-refractivity contribution in [2.24, 2.45) is 0 Å². The fraction of sp³-hybridized carbons (Fsp3) is 0.538. The van der Waals surface area contributed by atoms with E-state index in [0.717, 1.165) is 10.5 Å². The molecule has 0 saturated carbocycles. The summed E-state index contributed by atoms with van der Waals surface area (Å²) in [5.74, 6) is 0.706. The molecule has 2 aliphatic rings. The number of hydrogen-bond acceptors (Lipinski definition) is 6. The quantitative estimate of drug-likeness (QED) is 0.688. The molecular formula is C13H16O5S. The molecule has 0 spiro atoms. The first-order valence-corrected chi connectivity index (χ1v) is 7.04. The van der Waals surface area contributed by atoms with Crippen LogP contribution < -0.4 is 4.74 Å². The van der Waals surface area contributed by atoms with E-state index in [9.17, 15) is 10.2 Å². The topological polar surface area (TPSA) is 79.2 Å². The van der Waals surface area contributed by atoms with Crippen LogP contribution >= 0.6 is 11.8 Å². The Labute approximate surface area is 115 Å². The predicted molar refractivity (Wildman–Crippen MR) is 69.2 cm³/mol. The van der Waals surface area contributed by atoms with Crippen molar-refractivity contribution >= 4 is 11.8 Å². The minimum Gasteiger partial charge on any atom is -0.462 e. The maximum atomic E-state index is 10.1. The van der Waals surface area contributed by atoms with Crippen LogP contribution in [0, 0.1) is 6.92 Å². The van der Waals surface area contributed by atoms with E-state index in [4.69, 9.17) is 14.6 Å². The van der Waals surface area contributed by atoms with E-state index in [1.807, 2.05) is 25.1 Å². The molecule has 0 amide bonds. The number of ether oxygens (including phenoxy) is 2. The van der Waals surface area contributed by atoms with Gasteiger partial charge in [0, 0.05) is 0 Å². The number of thioether (sulfide) groups is 1. The van der Waals surface area contributed by atoms with Crippen molar-refractivity contribution in [1.82, 2.24) is 0 Å². The van der Waals surface area contributed by atoms with Crippen molar-refractivity contribution in [2.75, 3.05) is 6.61 Å². The number of fused-ring (bicyclic) bond motifs is 2. The summed E-state index contributed by atoms with van der Waals surface area (Å²) in [7, 11) is 0. The third kappa shape index (κ3) is 2.23. The summed E-state index contributed by atoms with van der Waals surface area (Å²) in [6.07, 6.45) is -3.57. The molecule has 1 aromatic carbocycles. The first-order valence-electron chi connectivity index (χ1n) is 6.16. The second kappa shape index (κ2) is 4.96. The molecule has 0 aliphatic carbocycles. The highest BCUT2D eigenvalue weighted by molar-refractivity contribution is 8.00. The van der Waals surface area contributed by atoms with Crippen LogP contribution in [-0.2, 0) is 4.74 Å². The minimum absolute atomic E-state index is 0.351. The first kappa shape index (κ1) is 13.2. The van der Waals surface area contributed by atoms with Gasteiger partial charge in [0.15, 0.2) is 0 Å². The predicted octanol–water partition coefficient (Wildman–Crippen LogP) is 0.287. The highest BCUT2D eigenvalue weighted by atomic mass is 32.2. The molecule has 2 aliphatic heterocycles. The summed E-state index contributed by atoms with van der Waals surface area (Å²) in [5, 5.41) is 28.7. The van der Waals surface area contributed by atoms with E-state index in [-0.39, 0.29) is 6.61 Å². The zero-order valence-electron chi connectivity index (χ0n) is 10.4. The molecule has 0 unspecified atom stereocenters. The molecule has 19 heavy (non-hydrogen) atoms. The zero-order chi connectivity index (χ0) is 13.6. The van der Waals surface area contributed by atoms with E-state index in [2.05, 4.69) is 0 Å². The lowest BCUT2D eigenvalue weighted by Gasteiger charge is -2.44. The van der Waals surface area contributed by atoms with Gasteiger partial charge in [-0.2, -0.15) is 0 Å². The SMILES string of the molecule is Cc1ccc2c(c1)S[C@H]1[C@@H](O2)O[C@H](CO)[C@H](O)[C@@H]1O. The fourth-order valence-corrected chi connectivity index (χ4v) is 3.66. The number of aliphatic hydroxyl groups is 3. The van der Waals surface area contributed by atoms with Crippen LogP contribution in [0.3, 0.4) is 0 Å². The van der Waals surface area contributed by atoms with Gasteiger partial charge >= 0.3 is 0 Å². The molecule has 104 valence electrons. The molecule has 1 aromatic rings. The zero-order valence-corrected chi connectivity index (χ0v) is 11.2. The normalized spacial score (nSPS) is 37.2. The van der Waals surface area contributed by atoms with Crippen molar-refractivity contribution in [3.05, 3.63) is 23.8 Å². The van der Waals surface area contributed by atoms with E-state index in [1.54, 1.807) is 0 Å². The van der Waals surface area contributed by atoms with E-state index in [0.29, 0.717) is 5.75 Å². The molecule has 0 bridgehead atoms. The lowest BCUT2D eigenvalue weighted by molar-refractivity contribution is -0.227. The first-order chi connectivity index (χ1) is 9.10. The molecular weight excluding hydrogens is 268 g/mol. The smallest absolute Gasteiger partial charge is 0.215 e. The van der Waals surface area contributed by atoms with Gasteiger partial charge in [-0.05, 0) is 24.6 Å². The summed E-state index contributed by atoms with van der Waals surface area (Å²) < 4.78 is 11.2. The highest BCUT2D eigenvalue weighted by Crippen LogP contribution is 2.44. The number of aliphatic hydroxyl groups excluding tert-OH is 3. The van der Waals surface area contributed by atoms with Gasteiger partial charge in [0.1, 0.15) is 29.3 Å². The van der Waals surface area contributed by atoms with Crippen LogP contribution in [0.4, 0.5) is 0 Å². The van der Waals surface area contributed by atoms with E-state index in [1.165, 1.54) is 11.8 Å². The van der Waals surface area contributed by atoms with Crippen LogP contribution in [0.15, 0.2) is 23.1 Å². The minimum atomic E-state index is -1.10. The molecule has 0 radical (unpaired) electrons. The molecule has 3 rings (SSSR count). The van der Waals surface area contributed by atoms with Gasteiger partial charge in [-0.3, -0.25) is 0 Å². The van der Waals surface area contributed by atoms with Crippen LogP contribution in [0.5, 0.6) is 5.75 Å². The van der Waals surface area contributed by atoms with E-state index >= 15 is 0 Å². The summed E-state index contributed by atoms with van der Waals surface area (Å²) in [5.41, 5.74) is 1.10. The van der Waals surface area contributed by atoms with Gasteiger partial charge in [-0.1, -0.05) is 6.07 Å². The summed E-state index contributed by atoms with van der Waals surface area (Å²) in [4.78, 5) is 0.929. The Bertz CT molecular complexity index is 480. The third-order valence-electron chi connectivity index (χ3n) is 3.43. The van der Waals surface area contributed by atoms with Gasteiger partial charge < -0.3 is 24.8 Å². The lowest BCUT2D eigenvalue weighted by Crippen LogP contribution is -2.59. The molecule has 5 nitrogen and oxygen atoms in total. The van der Waals surface area contributed by atoms with Crippen molar-refractivity contribution in [3.8, 4) is 5.75 Å². The Balaban J connectivity index is 1.89. The largest absolute Gasteiger partial charge is 0.462 e. The highest BCUT2D eigenvalue weighted by Gasteiger charge is 2.48. The molecule has 1 saturated heterocycles. The van der Waals surface area contributed by atoms with Crippen molar-refractivity contribution < 1.29 is 24.8 Å². The van der Waals surface area contributed by atoms with Gasteiger partial charge in [-0.25, -0.2) is 0 Å². The summed E-state index contributed by atoms with van der Waals surface area (Å²) in [6.45, 7) is 1.63. The molecule has 0 aromatic heterocycles. The van der Waals surface area contributed by atoms with Gasteiger partial charge in [0.05, 0.1) is 11.5 Å². The van der Waals surface area contributed by atoms with Crippen LogP contribution in [0.1, 0.15) is 5.56 Å². The fourth-order valence-electron chi connectivity index (χ4n) is 2.35. The summed E-state index contributed by atoms with van der Waals surface area (Å²) in [6, 6.07) is 5.79. The Morgan fingerprint density at radius 3 is 2.79 bits per heavy atom. The van der Waals surface area contributed by atoms with Crippen molar-refractivity contribution in [2.45, 2.75) is 41.7 Å². The Kier molecular flexibility index (Phi) is 3.44. The number of rotatable bonds is 1. The molecule has 6 heteroatoms. The van der Waals surface area contributed by atoms with Crippen molar-refractivity contribution in [1.29, 1.82) is 0 Å². The van der Waals surface area contributed by atoms with Crippen molar-refractivity contribution in [3.63, 3.8) is 0 Å². The number of aryl methyl sites for hydroxylation is 1. The lowest BCUT2D eigenvalue weighted by atomic mass is 10.0. The molecule has 3 N–H and O–H groups in total. The molecule has 5 atom stereocenters. The molecule has 1 fully saturated rings. The Morgan fingerprint density at radius 2 is 2.05 bits per heavy atom. The second-order valence-corrected chi connectivity index (χ2v) is 6.08. The van der Waals surface area contributed by atoms with Gasteiger partial charge in [0.2, 0.25) is 6.29 Å². The average molecular weight is 284 g/mol. The van der Waals surface area contributed by atoms with Crippen LogP contribution in [-0.4, -0.2) is 51.8 Å². The monoisotopic (exact) mass is 284 g/mol. The average Bonchev–Trinajstić information content (AvgIpc) is 2.41. The maximum absolute atomic E-state index is 10.1. The van der Waals surface area contributed by atoms with Gasteiger partial charge in [-0.15, -0.1) is 11.8 Å².